The van der Waals surface area contributed by atoms with Gasteiger partial charge in [-0.05, 0) is 32.5 Å². The molecule has 0 radical (unpaired) electrons. The van der Waals surface area contributed by atoms with Gasteiger partial charge in [-0.2, -0.15) is 0 Å². The predicted molar refractivity (Wildman–Crippen MR) is 54.6 cm³/mol. The number of rotatable bonds is 3. The molecule has 1 aliphatic rings. The zero-order valence-electron chi connectivity index (χ0n) is 8.79. The molecule has 1 rings (SSSR count). The highest BCUT2D eigenvalue weighted by atomic mass is 16.1. The Morgan fingerprint density at radius 3 is 2.69 bits per heavy atom. The lowest BCUT2D eigenvalue weighted by molar-refractivity contribution is -0.117. The Morgan fingerprint density at radius 1 is 1.54 bits per heavy atom. The van der Waals surface area contributed by atoms with E-state index in [9.17, 15) is 4.79 Å². The van der Waals surface area contributed by atoms with Gasteiger partial charge in [0.05, 0.1) is 0 Å². The Balaban J connectivity index is 2.43. The Morgan fingerprint density at radius 2 is 2.23 bits per heavy atom. The molecule has 0 saturated carbocycles. The predicted octanol–water partition coefficient (Wildman–Crippen LogP) is 1.86. The van der Waals surface area contributed by atoms with Crippen LogP contribution in [-0.4, -0.2) is 30.3 Å². The Hall–Kier alpha value is -0.630. The van der Waals surface area contributed by atoms with Crippen LogP contribution < -0.4 is 0 Å². The summed E-state index contributed by atoms with van der Waals surface area (Å²) in [6, 6.07) is 0.489. The van der Waals surface area contributed by atoms with E-state index in [4.69, 9.17) is 0 Å². The molecule has 1 saturated heterocycles. The lowest BCUT2D eigenvalue weighted by Gasteiger charge is -2.14. The molecular weight excluding hydrogens is 162 g/mol. The third kappa shape index (κ3) is 2.96. The SMILES string of the molecule is CC(C)C(=O)/C=C/[C@H]1CCCN1C. The van der Waals surface area contributed by atoms with Gasteiger partial charge in [-0.25, -0.2) is 0 Å². The molecule has 0 spiro atoms. The minimum absolute atomic E-state index is 0.128. The summed E-state index contributed by atoms with van der Waals surface area (Å²) in [7, 11) is 2.11. The van der Waals surface area contributed by atoms with Crippen LogP contribution in [0.1, 0.15) is 26.7 Å². The molecule has 1 heterocycles. The first-order valence-electron chi connectivity index (χ1n) is 5.03. The number of carbonyl (C=O) groups excluding carboxylic acids is 1. The summed E-state index contributed by atoms with van der Waals surface area (Å²) < 4.78 is 0. The molecule has 74 valence electrons. The summed E-state index contributed by atoms with van der Waals surface area (Å²) in [5.41, 5.74) is 0. The normalized spacial score (nSPS) is 24.8. The minimum atomic E-state index is 0.128. The number of nitrogens with zero attached hydrogens (tertiary/aromatic N) is 1. The smallest absolute Gasteiger partial charge is 0.157 e. The average molecular weight is 181 g/mol. The van der Waals surface area contributed by atoms with Crippen molar-refractivity contribution in [2.24, 2.45) is 5.92 Å². The molecule has 2 nitrogen and oxygen atoms in total. The fourth-order valence-corrected chi connectivity index (χ4v) is 1.58. The zero-order valence-corrected chi connectivity index (χ0v) is 8.79. The van der Waals surface area contributed by atoms with Gasteiger partial charge in [0.25, 0.3) is 0 Å². The van der Waals surface area contributed by atoms with Crippen molar-refractivity contribution >= 4 is 5.78 Å². The number of likely N-dealkylation sites (tertiary alicyclic amines) is 1. The highest BCUT2D eigenvalue weighted by Crippen LogP contribution is 2.15. The summed E-state index contributed by atoms with van der Waals surface area (Å²) >= 11 is 0. The molecule has 0 N–H and O–H groups in total. The van der Waals surface area contributed by atoms with E-state index in [1.165, 1.54) is 12.8 Å². The lowest BCUT2D eigenvalue weighted by Crippen LogP contribution is -2.22. The molecule has 1 aliphatic heterocycles. The van der Waals surface area contributed by atoms with Crippen molar-refractivity contribution in [2.45, 2.75) is 32.7 Å². The van der Waals surface area contributed by atoms with Gasteiger partial charge in [0.1, 0.15) is 0 Å². The highest BCUT2D eigenvalue weighted by molar-refractivity contribution is 5.91. The summed E-state index contributed by atoms with van der Waals surface area (Å²) in [5.74, 6) is 0.364. The van der Waals surface area contributed by atoms with Crippen LogP contribution in [-0.2, 0) is 4.79 Å². The number of allylic oxidation sites excluding steroid dienone is 1. The fourth-order valence-electron chi connectivity index (χ4n) is 1.58. The van der Waals surface area contributed by atoms with Gasteiger partial charge in [0, 0.05) is 12.0 Å². The first-order valence-corrected chi connectivity index (χ1v) is 5.03. The van der Waals surface area contributed by atoms with Gasteiger partial charge in [-0.15, -0.1) is 0 Å². The van der Waals surface area contributed by atoms with Crippen LogP contribution in [0.3, 0.4) is 0 Å². The van der Waals surface area contributed by atoms with Crippen molar-refractivity contribution in [2.75, 3.05) is 13.6 Å². The Kier molecular flexibility index (Phi) is 3.67. The summed E-state index contributed by atoms with van der Waals surface area (Å²) in [5, 5.41) is 0. The summed E-state index contributed by atoms with van der Waals surface area (Å²) in [4.78, 5) is 13.6. The van der Waals surface area contributed by atoms with Gasteiger partial charge in [-0.3, -0.25) is 9.69 Å². The topological polar surface area (TPSA) is 20.3 Å². The second-order valence-electron chi connectivity index (χ2n) is 4.11. The first kappa shape index (κ1) is 10.5. The van der Waals surface area contributed by atoms with Crippen LogP contribution in [0, 0.1) is 5.92 Å². The third-order valence-electron chi connectivity index (χ3n) is 2.63. The van der Waals surface area contributed by atoms with E-state index in [1.54, 1.807) is 6.08 Å². The van der Waals surface area contributed by atoms with Crippen molar-refractivity contribution in [3.63, 3.8) is 0 Å². The monoisotopic (exact) mass is 181 g/mol. The van der Waals surface area contributed by atoms with E-state index in [1.807, 2.05) is 13.8 Å². The number of likely N-dealkylation sites (N-methyl/N-ethyl adjacent to an activating group) is 1. The van der Waals surface area contributed by atoms with Crippen molar-refractivity contribution in [1.82, 2.24) is 4.90 Å². The maximum Gasteiger partial charge on any atom is 0.157 e. The summed E-state index contributed by atoms with van der Waals surface area (Å²) in [6.07, 6.45) is 6.24. The van der Waals surface area contributed by atoms with Gasteiger partial charge < -0.3 is 0 Å². The van der Waals surface area contributed by atoms with Crippen LogP contribution in [0.5, 0.6) is 0 Å². The van der Waals surface area contributed by atoms with E-state index < -0.39 is 0 Å². The number of ketones is 1. The van der Waals surface area contributed by atoms with Crippen LogP contribution in [0.4, 0.5) is 0 Å². The number of carbonyl (C=O) groups is 1. The molecule has 0 aromatic rings. The van der Waals surface area contributed by atoms with E-state index in [0.717, 1.165) is 6.54 Å². The molecule has 13 heavy (non-hydrogen) atoms. The largest absolute Gasteiger partial charge is 0.300 e. The van der Waals surface area contributed by atoms with Crippen LogP contribution in [0.2, 0.25) is 0 Å². The standard InChI is InChI=1S/C11H19NO/c1-9(2)11(13)7-6-10-5-4-8-12(10)3/h6-7,9-10H,4-5,8H2,1-3H3/b7-6+/t10-/m1/s1. The summed E-state index contributed by atoms with van der Waals surface area (Å²) in [6.45, 7) is 5.03. The minimum Gasteiger partial charge on any atom is -0.300 e. The van der Waals surface area contributed by atoms with Crippen molar-refractivity contribution < 1.29 is 4.79 Å². The second-order valence-corrected chi connectivity index (χ2v) is 4.11. The Labute approximate surface area is 80.6 Å². The van der Waals surface area contributed by atoms with Gasteiger partial charge >= 0.3 is 0 Å². The molecule has 1 atom stereocenters. The molecule has 0 aliphatic carbocycles. The van der Waals surface area contributed by atoms with Crippen LogP contribution in [0.15, 0.2) is 12.2 Å². The van der Waals surface area contributed by atoms with Gasteiger partial charge in [0.2, 0.25) is 0 Å². The van der Waals surface area contributed by atoms with Crippen LogP contribution in [0.25, 0.3) is 0 Å². The van der Waals surface area contributed by atoms with Crippen molar-refractivity contribution in [3.8, 4) is 0 Å². The van der Waals surface area contributed by atoms with E-state index in [2.05, 4.69) is 18.0 Å². The molecule has 0 amide bonds. The van der Waals surface area contributed by atoms with Crippen molar-refractivity contribution in [3.05, 3.63) is 12.2 Å². The van der Waals surface area contributed by atoms with Gasteiger partial charge in [-0.1, -0.05) is 19.9 Å². The van der Waals surface area contributed by atoms with E-state index >= 15 is 0 Å². The van der Waals surface area contributed by atoms with Crippen molar-refractivity contribution in [1.29, 1.82) is 0 Å². The molecule has 1 fully saturated rings. The first-order chi connectivity index (χ1) is 6.11. The molecule has 0 unspecified atom stereocenters. The number of hydrogen-bond donors (Lipinski definition) is 0. The Bertz CT molecular complexity index is 208. The fraction of sp³-hybridized carbons (Fsp3) is 0.727. The number of hydrogen-bond acceptors (Lipinski definition) is 2. The lowest BCUT2D eigenvalue weighted by atomic mass is 10.1. The second kappa shape index (κ2) is 4.56. The molecule has 0 aromatic carbocycles. The molecule has 2 heteroatoms. The van der Waals surface area contributed by atoms with E-state index in [0.29, 0.717) is 6.04 Å². The third-order valence-corrected chi connectivity index (χ3v) is 2.63. The van der Waals surface area contributed by atoms with E-state index in [-0.39, 0.29) is 11.7 Å². The molecule has 0 aromatic heterocycles. The highest BCUT2D eigenvalue weighted by Gasteiger charge is 2.17. The van der Waals surface area contributed by atoms with Crippen LogP contribution >= 0.6 is 0 Å². The maximum absolute atomic E-state index is 11.3. The quantitative estimate of drug-likeness (QED) is 0.619. The molecule has 0 bridgehead atoms. The average Bonchev–Trinajstić information content (AvgIpc) is 2.47. The van der Waals surface area contributed by atoms with Gasteiger partial charge in [0.15, 0.2) is 5.78 Å². The molecular formula is C11H19NO. The zero-order chi connectivity index (χ0) is 9.84. The maximum atomic E-state index is 11.3.